The van der Waals surface area contributed by atoms with Crippen molar-refractivity contribution < 1.29 is 13.9 Å². The number of esters is 1. The number of nitrogens with zero attached hydrogens (tertiary/aromatic N) is 1. The SMILES string of the molecule is CCOC(=O)c1ccc(-c2cnco2)cc1. The predicted molar refractivity (Wildman–Crippen MR) is 57.9 cm³/mol. The third-order valence-corrected chi connectivity index (χ3v) is 2.11. The maximum absolute atomic E-state index is 11.4. The number of aromatic nitrogens is 1. The molecule has 0 aliphatic rings. The molecule has 0 aliphatic carbocycles. The van der Waals surface area contributed by atoms with E-state index in [1.165, 1.54) is 6.39 Å². The van der Waals surface area contributed by atoms with E-state index < -0.39 is 0 Å². The van der Waals surface area contributed by atoms with Crippen LogP contribution in [0.5, 0.6) is 0 Å². The molecule has 1 aromatic carbocycles. The molecule has 2 rings (SSSR count). The first-order chi connectivity index (χ1) is 7.81. The number of ether oxygens (including phenoxy) is 1. The van der Waals surface area contributed by atoms with Crippen molar-refractivity contribution in [3.8, 4) is 11.3 Å². The van der Waals surface area contributed by atoms with Gasteiger partial charge in [0.1, 0.15) is 0 Å². The minimum absolute atomic E-state index is 0.313. The van der Waals surface area contributed by atoms with Crippen LogP contribution in [0.4, 0.5) is 0 Å². The van der Waals surface area contributed by atoms with Gasteiger partial charge in [0, 0.05) is 5.56 Å². The van der Waals surface area contributed by atoms with E-state index >= 15 is 0 Å². The quantitative estimate of drug-likeness (QED) is 0.741. The molecule has 2 aromatic rings. The fourth-order valence-electron chi connectivity index (χ4n) is 1.34. The van der Waals surface area contributed by atoms with Gasteiger partial charge >= 0.3 is 5.97 Å². The highest BCUT2D eigenvalue weighted by Gasteiger charge is 2.07. The van der Waals surface area contributed by atoms with E-state index in [-0.39, 0.29) is 5.97 Å². The molecule has 0 atom stereocenters. The van der Waals surface area contributed by atoms with Gasteiger partial charge in [0.25, 0.3) is 0 Å². The normalized spacial score (nSPS) is 10.1. The summed E-state index contributed by atoms with van der Waals surface area (Å²) < 4.78 is 10.0. The molecule has 0 radical (unpaired) electrons. The minimum Gasteiger partial charge on any atom is -0.462 e. The molecule has 0 spiro atoms. The molecule has 16 heavy (non-hydrogen) atoms. The Balaban J connectivity index is 2.20. The summed E-state index contributed by atoms with van der Waals surface area (Å²) in [4.78, 5) is 15.2. The van der Waals surface area contributed by atoms with Crippen molar-refractivity contribution in [1.82, 2.24) is 4.98 Å². The number of hydrogen-bond donors (Lipinski definition) is 0. The maximum Gasteiger partial charge on any atom is 0.338 e. The van der Waals surface area contributed by atoms with Crippen LogP contribution in [-0.2, 0) is 4.74 Å². The molecule has 0 unspecified atom stereocenters. The number of carbonyl (C=O) groups excluding carboxylic acids is 1. The molecular weight excluding hydrogens is 206 g/mol. The van der Waals surface area contributed by atoms with E-state index in [9.17, 15) is 4.79 Å². The van der Waals surface area contributed by atoms with Crippen LogP contribution in [0.15, 0.2) is 41.3 Å². The summed E-state index contributed by atoms with van der Waals surface area (Å²) in [5, 5.41) is 0. The highest BCUT2D eigenvalue weighted by Crippen LogP contribution is 2.19. The Kier molecular flexibility index (Phi) is 3.00. The van der Waals surface area contributed by atoms with Crippen molar-refractivity contribution in [2.24, 2.45) is 0 Å². The molecule has 4 heteroatoms. The van der Waals surface area contributed by atoms with Crippen LogP contribution in [0.25, 0.3) is 11.3 Å². The standard InChI is InChI=1S/C12H11NO3/c1-2-15-12(14)10-5-3-9(4-6-10)11-7-13-8-16-11/h3-8H,2H2,1H3. The van der Waals surface area contributed by atoms with Gasteiger partial charge in [-0.05, 0) is 19.1 Å². The fourth-order valence-corrected chi connectivity index (χ4v) is 1.34. The molecule has 4 nitrogen and oxygen atoms in total. The van der Waals surface area contributed by atoms with Crippen LogP contribution >= 0.6 is 0 Å². The van der Waals surface area contributed by atoms with Crippen LogP contribution in [0, 0.1) is 0 Å². The molecule has 0 amide bonds. The van der Waals surface area contributed by atoms with E-state index in [0.29, 0.717) is 17.9 Å². The van der Waals surface area contributed by atoms with Gasteiger partial charge in [0.05, 0.1) is 18.4 Å². The van der Waals surface area contributed by atoms with Crippen molar-refractivity contribution >= 4 is 5.97 Å². The zero-order chi connectivity index (χ0) is 11.4. The van der Waals surface area contributed by atoms with Crippen molar-refractivity contribution in [3.63, 3.8) is 0 Å². The number of oxazole rings is 1. The highest BCUT2D eigenvalue weighted by atomic mass is 16.5. The predicted octanol–water partition coefficient (Wildman–Crippen LogP) is 2.52. The minimum atomic E-state index is -0.313. The summed E-state index contributed by atoms with van der Waals surface area (Å²) in [7, 11) is 0. The first-order valence-corrected chi connectivity index (χ1v) is 4.97. The summed E-state index contributed by atoms with van der Waals surface area (Å²) in [5.41, 5.74) is 1.41. The average molecular weight is 217 g/mol. The summed E-state index contributed by atoms with van der Waals surface area (Å²) >= 11 is 0. The van der Waals surface area contributed by atoms with Crippen LogP contribution in [0.1, 0.15) is 17.3 Å². The van der Waals surface area contributed by atoms with Crippen molar-refractivity contribution in [2.75, 3.05) is 6.61 Å². The zero-order valence-electron chi connectivity index (χ0n) is 8.84. The number of hydrogen-bond acceptors (Lipinski definition) is 4. The third kappa shape index (κ3) is 2.11. The van der Waals surface area contributed by atoms with Crippen molar-refractivity contribution in [1.29, 1.82) is 0 Å². The second-order valence-corrected chi connectivity index (χ2v) is 3.16. The molecule has 0 bridgehead atoms. The van der Waals surface area contributed by atoms with E-state index in [4.69, 9.17) is 9.15 Å². The molecule has 1 heterocycles. The largest absolute Gasteiger partial charge is 0.462 e. The Bertz CT molecular complexity index is 460. The van der Waals surface area contributed by atoms with Gasteiger partial charge in [-0.25, -0.2) is 9.78 Å². The Hall–Kier alpha value is -2.10. The van der Waals surface area contributed by atoms with Crippen molar-refractivity contribution in [2.45, 2.75) is 6.92 Å². The van der Waals surface area contributed by atoms with E-state index in [1.807, 2.05) is 0 Å². The maximum atomic E-state index is 11.4. The number of carbonyl (C=O) groups is 1. The molecular formula is C12H11NO3. The lowest BCUT2D eigenvalue weighted by Crippen LogP contribution is -2.03. The fraction of sp³-hybridized carbons (Fsp3) is 0.167. The summed E-state index contributed by atoms with van der Waals surface area (Å²) in [6.45, 7) is 2.16. The second kappa shape index (κ2) is 4.61. The monoisotopic (exact) mass is 217 g/mol. The van der Waals surface area contributed by atoms with Crippen LogP contribution in [-0.4, -0.2) is 17.6 Å². The molecule has 82 valence electrons. The number of benzene rings is 1. The third-order valence-electron chi connectivity index (χ3n) is 2.11. The smallest absolute Gasteiger partial charge is 0.338 e. The first-order valence-electron chi connectivity index (χ1n) is 4.97. The Labute approximate surface area is 92.9 Å². The van der Waals surface area contributed by atoms with E-state index in [2.05, 4.69) is 4.98 Å². The molecule has 0 N–H and O–H groups in total. The van der Waals surface area contributed by atoms with Crippen LogP contribution in [0.2, 0.25) is 0 Å². The van der Waals surface area contributed by atoms with Gasteiger partial charge < -0.3 is 9.15 Å². The molecule has 0 saturated heterocycles. The summed E-state index contributed by atoms with van der Waals surface area (Å²) in [6, 6.07) is 7.01. The van der Waals surface area contributed by atoms with Gasteiger partial charge in [-0.1, -0.05) is 12.1 Å². The lowest BCUT2D eigenvalue weighted by atomic mass is 10.1. The highest BCUT2D eigenvalue weighted by molar-refractivity contribution is 5.89. The van der Waals surface area contributed by atoms with E-state index in [0.717, 1.165) is 5.56 Å². The van der Waals surface area contributed by atoms with E-state index in [1.54, 1.807) is 37.4 Å². The van der Waals surface area contributed by atoms with Gasteiger partial charge in [0.2, 0.25) is 0 Å². The lowest BCUT2D eigenvalue weighted by molar-refractivity contribution is 0.0526. The molecule has 0 aliphatic heterocycles. The second-order valence-electron chi connectivity index (χ2n) is 3.16. The summed E-state index contributed by atoms with van der Waals surface area (Å²) in [6.07, 6.45) is 2.99. The molecule has 0 fully saturated rings. The Morgan fingerprint density at radius 3 is 2.69 bits per heavy atom. The lowest BCUT2D eigenvalue weighted by Gasteiger charge is -2.02. The van der Waals surface area contributed by atoms with Gasteiger partial charge in [-0.3, -0.25) is 0 Å². The van der Waals surface area contributed by atoms with Crippen molar-refractivity contribution in [3.05, 3.63) is 42.4 Å². The molecule has 1 aromatic heterocycles. The van der Waals surface area contributed by atoms with Crippen LogP contribution in [0.3, 0.4) is 0 Å². The Morgan fingerprint density at radius 1 is 1.38 bits per heavy atom. The zero-order valence-corrected chi connectivity index (χ0v) is 8.84. The number of rotatable bonds is 3. The van der Waals surface area contributed by atoms with Crippen LogP contribution < -0.4 is 0 Å². The molecule has 0 saturated carbocycles. The summed E-state index contributed by atoms with van der Waals surface area (Å²) in [5.74, 6) is 0.363. The Morgan fingerprint density at radius 2 is 2.12 bits per heavy atom. The van der Waals surface area contributed by atoms with Gasteiger partial charge in [0.15, 0.2) is 12.2 Å². The average Bonchev–Trinajstić information content (AvgIpc) is 2.83. The first kappa shape index (κ1) is 10.4. The van der Waals surface area contributed by atoms with Gasteiger partial charge in [-0.15, -0.1) is 0 Å². The topological polar surface area (TPSA) is 52.3 Å². The van der Waals surface area contributed by atoms with Gasteiger partial charge in [-0.2, -0.15) is 0 Å².